The first-order chi connectivity index (χ1) is 8.49. The van der Waals surface area contributed by atoms with Crippen molar-refractivity contribution >= 4 is 21.8 Å². The lowest BCUT2D eigenvalue weighted by Gasteiger charge is -2.28. The van der Waals surface area contributed by atoms with E-state index in [1.807, 2.05) is 0 Å². The first-order valence-electron chi connectivity index (χ1n) is 5.57. The van der Waals surface area contributed by atoms with Crippen LogP contribution in [0.4, 0.5) is 13.2 Å². The molecule has 0 spiro atoms. The Morgan fingerprint density at radius 1 is 1.22 bits per heavy atom. The topological polar surface area (TPSA) is 20.3 Å². The number of carbonyl (C=O) groups excluding carboxylic acids is 1. The third kappa shape index (κ3) is 2.68. The van der Waals surface area contributed by atoms with Crippen molar-refractivity contribution in [2.75, 3.05) is 13.1 Å². The minimum atomic E-state index is -0.916. The van der Waals surface area contributed by atoms with E-state index in [-0.39, 0.29) is 36.0 Å². The monoisotopic (exact) mass is 321 g/mol. The predicted octanol–water partition coefficient (Wildman–Crippen LogP) is 3.30. The highest BCUT2D eigenvalue weighted by Crippen LogP contribution is 2.22. The van der Waals surface area contributed by atoms with Gasteiger partial charge in [0.25, 0.3) is 5.91 Å². The number of alkyl halides is 1. The van der Waals surface area contributed by atoms with E-state index in [9.17, 15) is 18.0 Å². The molecule has 1 aromatic carbocycles. The van der Waals surface area contributed by atoms with Crippen molar-refractivity contribution in [3.05, 3.63) is 33.8 Å². The summed E-state index contributed by atoms with van der Waals surface area (Å²) < 4.78 is 39.8. The molecule has 1 amide bonds. The Morgan fingerprint density at radius 3 is 2.44 bits per heavy atom. The number of likely N-dealkylation sites (tertiary alicyclic amines) is 1. The molecule has 1 saturated heterocycles. The summed E-state index contributed by atoms with van der Waals surface area (Å²) in [4.78, 5) is 13.3. The lowest BCUT2D eigenvalue weighted by atomic mass is 10.1. The number of hydrogen-bond acceptors (Lipinski definition) is 1. The zero-order valence-corrected chi connectivity index (χ0v) is 11.0. The molecule has 0 N–H and O–H groups in total. The fourth-order valence-corrected chi connectivity index (χ4v) is 2.22. The van der Waals surface area contributed by atoms with Crippen LogP contribution in [-0.2, 0) is 0 Å². The summed E-state index contributed by atoms with van der Waals surface area (Å²) in [7, 11) is 0. The highest BCUT2D eigenvalue weighted by molar-refractivity contribution is 9.10. The molecule has 2 rings (SSSR count). The summed E-state index contributed by atoms with van der Waals surface area (Å²) >= 11 is 2.84. The van der Waals surface area contributed by atoms with Crippen LogP contribution in [0.5, 0.6) is 0 Å². The first kappa shape index (κ1) is 13.4. The number of amides is 1. The molecule has 0 aromatic heterocycles. The van der Waals surface area contributed by atoms with Crippen molar-refractivity contribution in [2.24, 2.45) is 0 Å². The third-order valence-corrected chi connectivity index (χ3v) is 3.56. The molecule has 6 heteroatoms. The van der Waals surface area contributed by atoms with Gasteiger partial charge in [0.1, 0.15) is 17.8 Å². The van der Waals surface area contributed by atoms with Crippen molar-refractivity contribution in [2.45, 2.75) is 19.0 Å². The van der Waals surface area contributed by atoms with Gasteiger partial charge in [0.2, 0.25) is 0 Å². The van der Waals surface area contributed by atoms with Crippen LogP contribution >= 0.6 is 15.9 Å². The van der Waals surface area contributed by atoms with Crippen LogP contribution < -0.4 is 0 Å². The molecule has 0 radical (unpaired) electrons. The van der Waals surface area contributed by atoms with E-state index in [4.69, 9.17) is 0 Å². The van der Waals surface area contributed by atoms with Gasteiger partial charge in [-0.3, -0.25) is 4.79 Å². The molecule has 1 heterocycles. The second-order valence-electron chi connectivity index (χ2n) is 4.21. The van der Waals surface area contributed by atoms with E-state index >= 15 is 0 Å². The molecule has 0 unspecified atom stereocenters. The highest BCUT2D eigenvalue weighted by atomic mass is 79.9. The Bertz CT molecular complexity index is 473. The van der Waals surface area contributed by atoms with Crippen LogP contribution in [0.25, 0.3) is 0 Å². The Kier molecular flexibility index (Phi) is 3.94. The molecular weight excluding hydrogens is 311 g/mol. The van der Waals surface area contributed by atoms with Crippen LogP contribution in [0, 0.1) is 11.6 Å². The molecule has 98 valence electrons. The normalized spacial score (nSPS) is 17.0. The highest BCUT2D eigenvalue weighted by Gasteiger charge is 2.25. The van der Waals surface area contributed by atoms with E-state index < -0.39 is 23.7 Å². The van der Waals surface area contributed by atoms with Crippen LogP contribution in [-0.4, -0.2) is 30.1 Å². The number of piperidine rings is 1. The van der Waals surface area contributed by atoms with E-state index in [2.05, 4.69) is 15.9 Å². The zero-order valence-electron chi connectivity index (χ0n) is 9.43. The van der Waals surface area contributed by atoms with Gasteiger partial charge < -0.3 is 4.90 Å². The number of benzene rings is 1. The second kappa shape index (κ2) is 5.30. The summed E-state index contributed by atoms with van der Waals surface area (Å²) in [5.74, 6) is -2.07. The Labute approximate surface area is 111 Å². The van der Waals surface area contributed by atoms with Gasteiger partial charge in [0.15, 0.2) is 0 Å². The number of rotatable bonds is 1. The maximum atomic E-state index is 13.6. The van der Waals surface area contributed by atoms with E-state index in [1.54, 1.807) is 0 Å². The van der Waals surface area contributed by atoms with Crippen molar-refractivity contribution in [3.63, 3.8) is 0 Å². The minimum Gasteiger partial charge on any atom is -0.338 e. The largest absolute Gasteiger partial charge is 0.338 e. The molecule has 0 saturated carbocycles. The maximum absolute atomic E-state index is 13.6. The Balaban J connectivity index is 2.21. The SMILES string of the molecule is O=C(c1cc(F)c(Br)cc1F)N1CCC(F)CC1. The van der Waals surface area contributed by atoms with Gasteiger partial charge in [-0.2, -0.15) is 0 Å². The number of halogens is 4. The van der Waals surface area contributed by atoms with Crippen LogP contribution in [0.1, 0.15) is 23.2 Å². The quantitative estimate of drug-likeness (QED) is 0.727. The standard InChI is InChI=1S/C12H11BrF3NO/c13-9-6-10(15)8(5-11(9)16)12(18)17-3-1-7(14)2-4-17/h5-7H,1-4H2. The van der Waals surface area contributed by atoms with Gasteiger partial charge in [0, 0.05) is 13.1 Å². The minimum absolute atomic E-state index is 0.0287. The second-order valence-corrected chi connectivity index (χ2v) is 5.07. The number of carbonyl (C=O) groups is 1. The molecule has 2 nitrogen and oxygen atoms in total. The van der Waals surface area contributed by atoms with Crippen LogP contribution in [0.15, 0.2) is 16.6 Å². The fourth-order valence-electron chi connectivity index (χ4n) is 1.91. The number of hydrogen-bond donors (Lipinski definition) is 0. The molecule has 0 aliphatic carbocycles. The molecule has 18 heavy (non-hydrogen) atoms. The van der Waals surface area contributed by atoms with Crippen molar-refractivity contribution in [1.82, 2.24) is 4.90 Å². The Morgan fingerprint density at radius 2 is 1.83 bits per heavy atom. The van der Waals surface area contributed by atoms with Crippen molar-refractivity contribution in [3.8, 4) is 0 Å². The lowest BCUT2D eigenvalue weighted by molar-refractivity contribution is 0.0662. The average Bonchev–Trinajstić information content (AvgIpc) is 2.34. The van der Waals surface area contributed by atoms with Crippen LogP contribution in [0.3, 0.4) is 0 Å². The Hall–Kier alpha value is -1.04. The smallest absolute Gasteiger partial charge is 0.256 e. The molecule has 0 bridgehead atoms. The molecule has 1 aliphatic rings. The molecular formula is C12H11BrF3NO. The van der Waals surface area contributed by atoms with Gasteiger partial charge >= 0.3 is 0 Å². The summed E-state index contributed by atoms with van der Waals surface area (Å²) in [6.07, 6.45) is -0.431. The first-order valence-corrected chi connectivity index (χ1v) is 6.36. The third-order valence-electron chi connectivity index (χ3n) is 2.95. The fraction of sp³-hybridized carbons (Fsp3) is 0.417. The summed E-state index contributed by atoms with van der Waals surface area (Å²) in [6, 6.07) is 1.79. The molecule has 1 aliphatic heterocycles. The average molecular weight is 322 g/mol. The van der Waals surface area contributed by atoms with Gasteiger partial charge in [-0.1, -0.05) is 0 Å². The molecule has 0 atom stereocenters. The van der Waals surface area contributed by atoms with E-state index in [0.717, 1.165) is 12.1 Å². The van der Waals surface area contributed by atoms with Gasteiger partial charge in [-0.15, -0.1) is 0 Å². The summed E-state index contributed by atoms with van der Waals surface area (Å²) in [5, 5.41) is 0. The van der Waals surface area contributed by atoms with Crippen LogP contribution in [0.2, 0.25) is 0 Å². The van der Waals surface area contributed by atoms with E-state index in [1.165, 1.54) is 4.90 Å². The lowest BCUT2D eigenvalue weighted by Crippen LogP contribution is -2.39. The van der Waals surface area contributed by atoms with Gasteiger partial charge in [0.05, 0.1) is 10.0 Å². The number of nitrogens with zero attached hydrogens (tertiary/aromatic N) is 1. The van der Waals surface area contributed by atoms with E-state index in [0.29, 0.717) is 0 Å². The van der Waals surface area contributed by atoms with Crippen molar-refractivity contribution in [1.29, 1.82) is 0 Å². The van der Waals surface area contributed by atoms with Gasteiger partial charge in [-0.05, 0) is 40.9 Å². The molecule has 1 aromatic rings. The van der Waals surface area contributed by atoms with Gasteiger partial charge in [-0.25, -0.2) is 13.2 Å². The molecule has 1 fully saturated rings. The predicted molar refractivity (Wildman–Crippen MR) is 64.1 cm³/mol. The summed E-state index contributed by atoms with van der Waals surface area (Å²) in [6.45, 7) is 0.467. The van der Waals surface area contributed by atoms with Crippen molar-refractivity contribution < 1.29 is 18.0 Å². The zero-order chi connectivity index (χ0) is 13.3. The summed E-state index contributed by atoms with van der Waals surface area (Å²) in [5.41, 5.74) is -0.312. The maximum Gasteiger partial charge on any atom is 0.256 e.